The number of halogens is 1. The first-order valence-electron chi connectivity index (χ1n) is 7.91. The van der Waals surface area contributed by atoms with Crippen molar-refractivity contribution in [3.05, 3.63) is 68.7 Å². The van der Waals surface area contributed by atoms with Crippen molar-refractivity contribution in [2.75, 3.05) is 19.4 Å². The van der Waals surface area contributed by atoms with Gasteiger partial charge in [-0.15, -0.1) is 11.8 Å². The standard InChI is InChI=1S/C18H17ClN2O5S/c1-27-16-6-5-13(10-15(16)21(24)25)18(23)26-11-17(22)20-8-7-12-3-2-4-14(19)9-12/h2-6,9-10H,7-8,11H2,1H3,(H,20,22). The van der Waals surface area contributed by atoms with Crippen LogP contribution >= 0.6 is 23.4 Å². The number of rotatable bonds is 8. The van der Waals surface area contributed by atoms with Crippen molar-refractivity contribution in [1.82, 2.24) is 5.32 Å². The van der Waals surface area contributed by atoms with Crippen molar-refractivity contribution in [2.24, 2.45) is 0 Å². The molecule has 0 bridgehead atoms. The summed E-state index contributed by atoms with van der Waals surface area (Å²) >= 11 is 7.09. The predicted octanol–water partition coefficient (Wildman–Crippen LogP) is 3.49. The number of nitrogens with one attached hydrogen (secondary N) is 1. The Balaban J connectivity index is 1.83. The SMILES string of the molecule is CSc1ccc(C(=O)OCC(=O)NCCc2cccc(Cl)c2)cc1[N+](=O)[O-]. The highest BCUT2D eigenvalue weighted by Gasteiger charge is 2.18. The molecule has 2 rings (SSSR count). The maximum Gasteiger partial charge on any atom is 0.338 e. The smallest absolute Gasteiger partial charge is 0.338 e. The van der Waals surface area contributed by atoms with Crippen LogP contribution in [0.2, 0.25) is 5.02 Å². The molecular formula is C18H17ClN2O5S. The van der Waals surface area contributed by atoms with Crippen LogP contribution in [0.4, 0.5) is 5.69 Å². The fourth-order valence-corrected chi connectivity index (χ4v) is 3.02. The van der Waals surface area contributed by atoms with E-state index < -0.39 is 23.4 Å². The van der Waals surface area contributed by atoms with Crippen molar-refractivity contribution in [3.8, 4) is 0 Å². The summed E-state index contributed by atoms with van der Waals surface area (Å²) in [4.78, 5) is 34.7. The van der Waals surface area contributed by atoms with Crippen molar-refractivity contribution in [2.45, 2.75) is 11.3 Å². The zero-order valence-electron chi connectivity index (χ0n) is 14.4. The highest BCUT2D eigenvalue weighted by atomic mass is 35.5. The molecule has 0 aliphatic rings. The molecule has 0 atom stereocenters. The Hall–Kier alpha value is -2.58. The number of nitro groups is 1. The molecular weight excluding hydrogens is 392 g/mol. The first-order valence-corrected chi connectivity index (χ1v) is 9.51. The summed E-state index contributed by atoms with van der Waals surface area (Å²) in [5.41, 5.74) is 0.815. The van der Waals surface area contributed by atoms with E-state index in [1.54, 1.807) is 18.4 Å². The second-order valence-electron chi connectivity index (χ2n) is 5.45. The van der Waals surface area contributed by atoms with Gasteiger partial charge < -0.3 is 10.1 Å². The molecule has 1 amide bonds. The monoisotopic (exact) mass is 408 g/mol. The Kier molecular flexibility index (Phi) is 7.63. The Morgan fingerprint density at radius 2 is 2.04 bits per heavy atom. The molecule has 0 spiro atoms. The van der Waals surface area contributed by atoms with Crippen LogP contribution < -0.4 is 5.32 Å². The van der Waals surface area contributed by atoms with Crippen LogP contribution in [0.15, 0.2) is 47.4 Å². The predicted molar refractivity (Wildman–Crippen MR) is 103 cm³/mol. The van der Waals surface area contributed by atoms with Crippen LogP contribution in [0.25, 0.3) is 0 Å². The van der Waals surface area contributed by atoms with Gasteiger partial charge in [-0.3, -0.25) is 14.9 Å². The largest absolute Gasteiger partial charge is 0.452 e. The Labute approximate surface area is 165 Å². The van der Waals surface area contributed by atoms with E-state index in [9.17, 15) is 19.7 Å². The fraction of sp³-hybridized carbons (Fsp3) is 0.222. The lowest BCUT2D eigenvalue weighted by molar-refractivity contribution is -0.387. The number of hydrogen-bond acceptors (Lipinski definition) is 6. The van der Waals surface area contributed by atoms with Crippen LogP contribution in [-0.2, 0) is 16.0 Å². The zero-order valence-corrected chi connectivity index (χ0v) is 16.0. The normalized spacial score (nSPS) is 10.3. The molecule has 2 aromatic carbocycles. The van der Waals surface area contributed by atoms with Crippen molar-refractivity contribution < 1.29 is 19.2 Å². The Bertz CT molecular complexity index is 859. The number of nitrogens with zero attached hydrogens (tertiary/aromatic N) is 1. The van der Waals surface area contributed by atoms with E-state index in [4.69, 9.17) is 16.3 Å². The molecule has 0 heterocycles. The molecule has 142 valence electrons. The number of hydrogen-bond donors (Lipinski definition) is 1. The van der Waals surface area contributed by atoms with Gasteiger partial charge in [0.2, 0.25) is 0 Å². The molecule has 0 aromatic heterocycles. The van der Waals surface area contributed by atoms with E-state index in [2.05, 4.69) is 5.32 Å². The van der Waals surface area contributed by atoms with Gasteiger partial charge in [0, 0.05) is 17.6 Å². The first-order chi connectivity index (χ1) is 12.9. The summed E-state index contributed by atoms with van der Waals surface area (Å²) in [6.07, 6.45) is 2.29. The summed E-state index contributed by atoms with van der Waals surface area (Å²) in [5.74, 6) is -1.25. The second-order valence-corrected chi connectivity index (χ2v) is 6.73. The fourth-order valence-electron chi connectivity index (χ4n) is 2.26. The summed E-state index contributed by atoms with van der Waals surface area (Å²) in [5, 5.41) is 14.3. The minimum atomic E-state index is -0.796. The Morgan fingerprint density at radius 3 is 2.70 bits per heavy atom. The van der Waals surface area contributed by atoms with Crippen molar-refractivity contribution >= 4 is 40.9 Å². The highest BCUT2D eigenvalue weighted by molar-refractivity contribution is 7.98. The maximum atomic E-state index is 12.0. The third kappa shape index (κ3) is 6.26. The third-order valence-electron chi connectivity index (χ3n) is 3.57. The van der Waals surface area contributed by atoms with Gasteiger partial charge in [-0.1, -0.05) is 23.7 Å². The van der Waals surface area contributed by atoms with Gasteiger partial charge in [-0.25, -0.2) is 4.79 Å². The molecule has 0 saturated heterocycles. The van der Waals surface area contributed by atoms with Gasteiger partial charge in [0.15, 0.2) is 6.61 Å². The summed E-state index contributed by atoms with van der Waals surface area (Å²) in [6.45, 7) is -0.100. The van der Waals surface area contributed by atoms with Gasteiger partial charge in [0.05, 0.1) is 15.4 Å². The average molecular weight is 409 g/mol. The van der Waals surface area contributed by atoms with E-state index >= 15 is 0 Å². The van der Waals surface area contributed by atoms with Gasteiger partial charge in [0.1, 0.15) is 0 Å². The van der Waals surface area contributed by atoms with E-state index in [1.165, 1.54) is 23.9 Å². The quantitative estimate of drug-likeness (QED) is 0.310. The molecule has 9 heteroatoms. The third-order valence-corrected chi connectivity index (χ3v) is 4.59. The summed E-state index contributed by atoms with van der Waals surface area (Å²) < 4.78 is 4.92. The molecule has 1 N–H and O–H groups in total. The van der Waals surface area contributed by atoms with E-state index in [0.29, 0.717) is 22.9 Å². The van der Waals surface area contributed by atoms with Gasteiger partial charge in [-0.05, 0) is 42.5 Å². The van der Waals surface area contributed by atoms with E-state index in [0.717, 1.165) is 11.6 Å². The number of amides is 1. The number of thioether (sulfide) groups is 1. The van der Waals surface area contributed by atoms with E-state index in [1.807, 2.05) is 12.1 Å². The van der Waals surface area contributed by atoms with Crippen molar-refractivity contribution in [3.63, 3.8) is 0 Å². The number of benzene rings is 2. The molecule has 0 saturated carbocycles. The number of carbonyl (C=O) groups is 2. The molecule has 7 nitrogen and oxygen atoms in total. The van der Waals surface area contributed by atoms with Crippen LogP contribution in [-0.4, -0.2) is 36.2 Å². The van der Waals surface area contributed by atoms with Crippen LogP contribution in [0, 0.1) is 10.1 Å². The molecule has 0 aliphatic carbocycles. The minimum Gasteiger partial charge on any atom is -0.452 e. The zero-order chi connectivity index (χ0) is 19.8. The summed E-state index contributed by atoms with van der Waals surface area (Å²) in [7, 11) is 0. The topological polar surface area (TPSA) is 98.5 Å². The second kappa shape index (κ2) is 9.94. The first kappa shape index (κ1) is 20.7. The molecule has 27 heavy (non-hydrogen) atoms. The van der Waals surface area contributed by atoms with Gasteiger partial charge in [0.25, 0.3) is 11.6 Å². The van der Waals surface area contributed by atoms with Crippen LogP contribution in [0.3, 0.4) is 0 Å². The number of ether oxygens (including phenoxy) is 1. The lowest BCUT2D eigenvalue weighted by Crippen LogP contribution is -2.30. The molecule has 0 fully saturated rings. The minimum absolute atomic E-state index is 0.0197. The highest BCUT2D eigenvalue weighted by Crippen LogP contribution is 2.28. The number of esters is 1. The molecule has 2 aromatic rings. The molecule has 0 unspecified atom stereocenters. The average Bonchev–Trinajstić information content (AvgIpc) is 2.65. The lowest BCUT2D eigenvalue weighted by Gasteiger charge is -2.07. The lowest BCUT2D eigenvalue weighted by atomic mass is 10.1. The van der Waals surface area contributed by atoms with Gasteiger partial charge in [-0.2, -0.15) is 0 Å². The molecule has 0 aliphatic heterocycles. The van der Waals surface area contributed by atoms with Gasteiger partial charge >= 0.3 is 5.97 Å². The molecule has 0 radical (unpaired) electrons. The Morgan fingerprint density at radius 1 is 1.26 bits per heavy atom. The maximum absolute atomic E-state index is 12.0. The number of carbonyl (C=O) groups excluding carboxylic acids is 2. The summed E-state index contributed by atoms with van der Waals surface area (Å²) in [6, 6.07) is 11.3. The van der Waals surface area contributed by atoms with Crippen LogP contribution in [0.5, 0.6) is 0 Å². The van der Waals surface area contributed by atoms with Crippen LogP contribution in [0.1, 0.15) is 15.9 Å². The van der Waals surface area contributed by atoms with Crippen molar-refractivity contribution in [1.29, 1.82) is 0 Å². The van der Waals surface area contributed by atoms with E-state index in [-0.39, 0.29) is 11.3 Å². The number of nitro benzene ring substituents is 1.